The summed E-state index contributed by atoms with van der Waals surface area (Å²) >= 11 is 0. The molecule has 1 aliphatic rings. The fraction of sp³-hybridized carbons (Fsp3) is 0.727. The molecule has 1 heterocycles. The predicted octanol–water partition coefficient (Wildman–Crippen LogP) is 0.753. The van der Waals surface area contributed by atoms with Gasteiger partial charge in [-0.05, 0) is 13.8 Å². The first-order valence-corrected chi connectivity index (χ1v) is 8.67. The highest BCUT2D eigenvalue weighted by Crippen LogP contribution is 2.26. The molecule has 0 radical (unpaired) electrons. The summed E-state index contributed by atoms with van der Waals surface area (Å²) in [4.78, 5) is 11.3. The highest BCUT2D eigenvalue weighted by Gasteiger charge is 2.47. The Bertz CT molecular complexity index is 327. The van der Waals surface area contributed by atoms with Crippen LogP contribution in [-0.4, -0.2) is 30.7 Å². The van der Waals surface area contributed by atoms with Gasteiger partial charge >= 0.3 is 0 Å². The summed E-state index contributed by atoms with van der Waals surface area (Å²) in [6.45, 7) is 9.76. The molecule has 1 rings (SSSR count). The second-order valence-corrected chi connectivity index (χ2v) is 10.4. The second-order valence-electron chi connectivity index (χ2n) is 5.64. The van der Waals surface area contributed by atoms with Gasteiger partial charge in [0.1, 0.15) is 14.1 Å². The number of hydrogen-bond acceptors (Lipinski definition) is 2. The van der Waals surface area contributed by atoms with Gasteiger partial charge in [0.25, 0.3) is 0 Å². The number of aliphatic hydroxyl groups is 1. The zero-order valence-corrected chi connectivity index (χ0v) is 11.0. The van der Waals surface area contributed by atoms with Crippen molar-refractivity contribution in [3.8, 4) is 11.5 Å². The van der Waals surface area contributed by atoms with E-state index in [4.69, 9.17) is 0 Å². The molecule has 3 nitrogen and oxygen atoms in total. The van der Waals surface area contributed by atoms with Gasteiger partial charge in [-0.25, -0.2) is 0 Å². The van der Waals surface area contributed by atoms with Crippen LogP contribution in [0.15, 0.2) is 0 Å². The predicted molar refractivity (Wildman–Crippen MR) is 62.8 cm³/mol. The number of nitrogens with one attached hydrogen (secondary N) is 1. The first-order valence-electron chi connectivity index (χ1n) is 5.17. The molecule has 4 heteroatoms. The molecule has 0 aliphatic carbocycles. The molecule has 15 heavy (non-hydrogen) atoms. The lowest BCUT2D eigenvalue weighted by Crippen LogP contribution is -2.64. The van der Waals surface area contributed by atoms with Crippen LogP contribution in [0.2, 0.25) is 19.6 Å². The van der Waals surface area contributed by atoms with Gasteiger partial charge in [-0.3, -0.25) is 4.79 Å². The Labute approximate surface area is 92.3 Å². The summed E-state index contributed by atoms with van der Waals surface area (Å²) < 4.78 is 0. The fourth-order valence-corrected chi connectivity index (χ4v) is 2.11. The minimum atomic E-state index is -1.41. The van der Waals surface area contributed by atoms with Crippen molar-refractivity contribution in [3.05, 3.63) is 0 Å². The highest BCUT2D eigenvalue weighted by atomic mass is 28.3. The van der Waals surface area contributed by atoms with Crippen LogP contribution in [0.4, 0.5) is 0 Å². The van der Waals surface area contributed by atoms with Crippen LogP contribution in [-0.2, 0) is 4.79 Å². The summed E-state index contributed by atoms with van der Waals surface area (Å²) in [6, 6.07) is -0.177. The molecule has 1 aliphatic heterocycles. The third-order valence-electron chi connectivity index (χ3n) is 2.28. The van der Waals surface area contributed by atoms with E-state index >= 15 is 0 Å². The molecule has 0 unspecified atom stereocenters. The van der Waals surface area contributed by atoms with Crippen LogP contribution in [0.1, 0.15) is 13.8 Å². The Morgan fingerprint density at radius 2 is 1.93 bits per heavy atom. The molecule has 0 aromatic heterocycles. The van der Waals surface area contributed by atoms with E-state index < -0.39 is 13.7 Å². The number of β-lactam (4-membered cyclic amide) rings is 1. The van der Waals surface area contributed by atoms with E-state index in [-0.39, 0.29) is 17.9 Å². The van der Waals surface area contributed by atoms with Gasteiger partial charge in [-0.1, -0.05) is 25.6 Å². The van der Waals surface area contributed by atoms with Crippen molar-refractivity contribution >= 4 is 14.0 Å². The molecule has 0 bridgehead atoms. The minimum Gasteiger partial charge on any atom is -0.390 e. The van der Waals surface area contributed by atoms with Gasteiger partial charge < -0.3 is 10.4 Å². The standard InChI is InChI=1S/C11H19NO2Si/c1-11(2,14)9-8(12-10(9)13)6-7-15(3,4)5/h8-9,14H,1-5H3,(H,12,13)/t8-,9-/m0/s1. The lowest BCUT2D eigenvalue weighted by Gasteiger charge is -2.40. The van der Waals surface area contributed by atoms with Crippen molar-refractivity contribution in [2.75, 3.05) is 0 Å². The Kier molecular flexibility index (Phi) is 2.99. The molecule has 0 aromatic rings. The second kappa shape index (κ2) is 3.65. The summed E-state index contributed by atoms with van der Waals surface area (Å²) in [5.41, 5.74) is 2.22. The quantitative estimate of drug-likeness (QED) is 0.393. The van der Waals surface area contributed by atoms with E-state index in [1.165, 1.54) is 0 Å². The first kappa shape index (κ1) is 12.3. The SMILES string of the molecule is CC(C)(O)[C@@H]1C(=O)N[C@H]1C#C[Si](C)(C)C. The zero-order chi connectivity index (χ0) is 11.9. The maximum absolute atomic E-state index is 11.3. The van der Waals surface area contributed by atoms with E-state index in [9.17, 15) is 9.90 Å². The van der Waals surface area contributed by atoms with E-state index in [1.807, 2.05) is 0 Å². The summed E-state index contributed by atoms with van der Waals surface area (Å²) in [5.74, 6) is 2.58. The largest absolute Gasteiger partial charge is 0.390 e. The highest BCUT2D eigenvalue weighted by molar-refractivity contribution is 6.83. The average molecular weight is 225 g/mol. The molecule has 84 valence electrons. The molecule has 1 amide bonds. The number of carbonyl (C=O) groups excluding carboxylic acids is 1. The van der Waals surface area contributed by atoms with Gasteiger partial charge in [0.2, 0.25) is 5.91 Å². The Hall–Kier alpha value is -0.793. The third kappa shape index (κ3) is 3.08. The van der Waals surface area contributed by atoms with E-state index in [2.05, 4.69) is 36.4 Å². The van der Waals surface area contributed by atoms with Crippen LogP contribution >= 0.6 is 0 Å². The van der Waals surface area contributed by atoms with Gasteiger partial charge in [0.15, 0.2) is 0 Å². The molecule has 1 fully saturated rings. The first-order chi connectivity index (χ1) is 6.61. The monoisotopic (exact) mass is 225 g/mol. The number of hydrogen-bond donors (Lipinski definition) is 2. The maximum atomic E-state index is 11.3. The topological polar surface area (TPSA) is 49.3 Å². The lowest BCUT2D eigenvalue weighted by molar-refractivity contribution is -0.144. The zero-order valence-electron chi connectivity index (χ0n) is 10.0. The van der Waals surface area contributed by atoms with Crippen LogP contribution in [0.25, 0.3) is 0 Å². The van der Waals surface area contributed by atoms with Crippen molar-refractivity contribution in [1.29, 1.82) is 0 Å². The van der Waals surface area contributed by atoms with Crippen LogP contribution in [0.3, 0.4) is 0 Å². The van der Waals surface area contributed by atoms with Crippen LogP contribution < -0.4 is 5.32 Å². The summed E-state index contributed by atoms with van der Waals surface area (Å²) in [6.07, 6.45) is 0. The Morgan fingerprint density at radius 3 is 2.27 bits per heavy atom. The van der Waals surface area contributed by atoms with Crippen LogP contribution in [0, 0.1) is 17.4 Å². The average Bonchev–Trinajstić information content (AvgIpc) is 1.91. The molecule has 0 aromatic carbocycles. The molecule has 2 N–H and O–H groups in total. The van der Waals surface area contributed by atoms with Crippen molar-refractivity contribution < 1.29 is 9.90 Å². The minimum absolute atomic E-state index is 0.0997. The summed E-state index contributed by atoms with van der Waals surface area (Å²) in [5, 5.41) is 12.5. The smallest absolute Gasteiger partial charge is 0.230 e. The number of amides is 1. The molecular weight excluding hydrogens is 206 g/mol. The van der Waals surface area contributed by atoms with Gasteiger partial charge in [0, 0.05) is 0 Å². The molecular formula is C11H19NO2Si. The normalized spacial score (nSPS) is 26.1. The van der Waals surface area contributed by atoms with Gasteiger partial charge in [-0.2, -0.15) is 0 Å². The Morgan fingerprint density at radius 1 is 1.40 bits per heavy atom. The molecule has 1 saturated heterocycles. The van der Waals surface area contributed by atoms with Gasteiger partial charge in [0.05, 0.1) is 11.5 Å². The van der Waals surface area contributed by atoms with Crippen molar-refractivity contribution in [1.82, 2.24) is 5.32 Å². The van der Waals surface area contributed by atoms with E-state index in [0.29, 0.717) is 0 Å². The van der Waals surface area contributed by atoms with Crippen molar-refractivity contribution in [2.45, 2.75) is 45.1 Å². The van der Waals surface area contributed by atoms with Crippen molar-refractivity contribution in [2.24, 2.45) is 5.92 Å². The van der Waals surface area contributed by atoms with Crippen molar-refractivity contribution in [3.63, 3.8) is 0 Å². The third-order valence-corrected chi connectivity index (χ3v) is 3.17. The molecule has 0 spiro atoms. The summed E-state index contributed by atoms with van der Waals surface area (Å²) in [7, 11) is -1.41. The van der Waals surface area contributed by atoms with Crippen LogP contribution in [0.5, 0.6) is 0 Å². The van der Waals surface area contributed by atoms with E-state index in [0.717, 1.165) is 0 Å². The van der Waals surface area contributed by atoms with E-state index in [1.54, 1.807) is 13.8 Å². The van der Waals surface area contributed by atoms with Gasteiger partial charge in [-0.15, -0.1) is 5.54 Å². The molecule has 0 saturated carbocycles. The Balaban J connectivity index is 2.74. The lowest BCUT2D eigenvalue weighted by atomic mass is 9.78. The fourth-order valence-electron chi connectivity index (χ4n) is 1.52. The number of rotatable bonds is 1. The number of carbonyl (C=O) groups is 1. The maximum Gasteiger partial charge on any atom is 0.230 e. The molecule has 2 atom stereocenters.